The molecule has 1 rings (SSSR count). The maximum absolute atomic E-state index is 12.1. The third-order valence-corrected chi connectivity index (χ3v) is 5.55. The van der Waals surface area contributed by atoms with E-state index in [1.165, 1.54) is 18.3 Å². The molecule has 0 aliphatic heterocycles. The monoisotopic (exact) mass is 291 g/mol. The Balaban J connectivity index is 2.96. The molecule has 5 nitrogen and oxygen atoms in total. The van der Waals surface area contributed by atoms with Gasteiger partial charge in [0.25, 0.3) is 0 Å². The zero-order chi connectivity index (χ0) is 14.1. The van der Waals surface area contributed by atoms with Gasteiger partial charge in [-0.05, 0) is 26.8 Å². The fraction of sp³-hybridized carbons (Fsp3) is 0.545. The molecule has 0 amide bonds. The zero-order valence-electron chi connectivity index (χ0n) is 10.7. The van der Waals surface area contributed by atoms with Crippen molar-refractivity contribution in [3.8, 4) is 0 Å². The number of aryl methyl sites for hydroxylation is 2. The fourth-order valence-corrected chi connectivity index (χ4v) is 4.38. The molecule has 18 heavy (non-hydrogen) atoms. The predicted octanol–water partition coefficient (Wildman–Crippen LogP) is 1.75. The molecule has 0 aromatic carbocycles. The first kappa shape index (κ1) is 15.1. The summed E-state index contributed by atoms with van der Waals surface area (Å²) < 4.78 is 26.6. The van der Waals surface area contributed by atoms with Gasteiger partial charge in [0.05, 0.1) is 10.8 Å². The highest BCUT2D eigenvalue weighted by Gasteiger charge is 2.26. The van der Waals surface area contributed by atoms with E-state index in [4.69, 9.17) is 5.11 Å². The predicted molar refractivity (Wildman–Crippen MR) is 70.4 cm³/mol. The highest BCUT2D eigenvalue weighted by molar-refractivity contribution is 7.89. The Morgan fingerprint density at radius 1 is 1.39 bits per heavy atom. The van der Waals surface area contributed by atoms with E-state index in [1.54, 1.807) is 19.9 Å². The molecule has 0 aliphatic rings. The molecule has 1 heterocycles. The minimum absolute atomic E-state index is 0.231. The Bertz CT molecular complexity index is 547. The van der Waals surface area contributed by atoms with E-state index < -0.39 is 28.0 Å². The average molecular weight is 291 g/mol. The van der Waals surface area contributed by atoms with Crippen molar-refractivity contribution in [2.75, 3.05) is 0 Å². The summed E-state index contributed by atoms with van der Waals surface area (Å²) in [7, 11) is -3.65. The summed E-state index contributed by atoms with van der Waals surface area (Å²) in [5, 5.41) is 8.85. The summed E-state index contributed by atoms with van der Waals surface area (Å²) in [6, 6.07) is 0.938. The first-order chi connectivity index (χ1) is 8.15. The number of carboxylic acids is 1. The van der Waals surface area contributed by atoms with Crippen LogP contribution >= 0.6 is 11.3 Å². The van der Waals surface area contributed by atoms with Crippen molar-refractivity contribution < 1.29 is 18.3 Å². The number of carboxylic acid groups (broad SMARTS) is 1. The van der Waals surface area contributed by atoms with E-state index in [9.17, 15) is 13.2 Å². The average Bonchev–Trinajstić information content (AvgIpc) is 2.56. The maximum Gasteiger partial charge on any atom is 0.307 e. The summed E-state index contributed by atoms with van der Waals surface area (Å²) in [5.41, 5.74) is 0. The van der Waals surface area contributed by atoms with E-state index in [0.717, 1.165) is 4.88 Å². The van der Waals surface area contributed by atoms with Gasteiger partial charge in [-0.25, -0.2) is 13.1 Å². The molecule has 0 radical (unpaired) electrons. The molecule has 7 heteroatoms. The van der Waals surface area contributed by atoms with E-state index in [1.807, 2.05) is 6.92 Å². The Morgan fingerprint density at radius 2 is 1.94 bits per heavy atom. The number of carbonyl (C=O) groups is 1. The van der Waals surface area contributed by atoms with E-state index >= 15 is 0 Å². The van der Waals surface area contributed by atoms with Gasteiger partial charge >= 0.3 is 5.97 Å². The van der Waals surface area contributed by atoms with E-state index in [0.29, 0.717) is 4.88 Å². The van der Waals surface area contributed by atoms with Crippen molar-refractivity contribution in [2.24, 2.45) is 5.92 Å². The summed E-state index contributed by atoms with van der Waals surface area (Å²) in [6.45, 7) is 6.59. The van der Waals surface area contributed by atoms with Crippen molar-refractivity contribution in [3.05, 3.63) is 15.8 Å². The highest BCUT2D eigenvalue weighted by Crippen LogP contribution is 2.25. The summed E-state index contributed by atoms with van der Waals surface area (Å²) >= 11 is 1.40. The van der Waals surface area contributed by atoms with Gasteiger partial charge in [-0.15, -0.1) is 11.3 Å². The van der Waals surface area contributed by atoms with Crippen LogP contribution in [0.3, 0.4) is 0 Å². The number of aliphatic carboxylic acids is 1. The van der Waals surface area contributed by atoms with Crippen molar-refractivity contribution in [3.63, 3.8) is 0 Å². The van der Waals surface area contributed by atoms with Gasteiger partial charge in [0.1, 0.15) is 0 Å². The van der Waals surface area contributed by atoms with Gasteiger partial charge in [-0.3, -0.25) is 4.79 Å². The molecular formula is C11H17NO4S2. The van der Waals surface area contributed by atoms with Crippen LogP contribution in [0.15, 0.2) is 11.0 Å². The molecule has 0 fully saturated rings. The lowest BCUT2D eigenvalue weighted by molar-refractivity contribution is -0.141. The highest BCUT2D eigenvalue weighted by atomic mass is 32.2. The van der Waals surface area contributed by atoms with Crippen molar-refractivity contribution >= 4 is 27.3 Å². The Hall–Kier alpha value is -0.920. The van der Waals surface area contributed by atoms with Crippen LogP contribution in [0, 0.1) is 19.8 Å². The maximum atomic E-state index is 12.1. The van der Waals surface area contributed by atoms with Crippen molar-refractivity contribution in [1.82, 2.24) is 4.72 Å². The van der Waals surface area contributed by atoms with Crippen LogP contribution in [0.2, 0.25) is 0 Å². The van der Waals surface area contributed by atoms with Gasteiger partial charge < -0.3 is 5.11 Å². The molecule has 1 aromatic heterocycles. The van der Waals surface area contributed by atoms with Gasteiger partial charge in [0, 0.05) is 15.8 Å². The van der Waals surface area contributed by atoms with Gasteiger partial charge in [-0.1, -0.05) is 6.92 Å². The first-order valence-electron chi connectivity index (χ1n) is 5.47. The molecule has 0 spiro atoms. The van der Waals surface area contributed by atoms with Crippen LogP contribution < -0.4 is 4.72 Å². The number of hydrogen-bond acceptors (Lipinski definition) is 4. The minimum Gasteiger partial charge on any atom is -0.481 e. The summed E-state index contributed by atoms with van der Waals surface area (Å²) in [5.74, 6) is -1.80. The molecule has 0 saturated carbocycles. The number of rotatable bonds is 5. The number of thiophene rings is 1. The third kappa shape index (κ3) is 3.30. The van der Waals surface area contributed by atoms with Crippen LogP contribution in [0.1, 0.15) is 23.6 Å². The molecule has 2 atom stereocenters. The summed E-state index contributed by atoms with van der Waals surface area (Å²) in [4.78, 5) is 12.6. The standard InChI is InChI=1S/C11H17NO4S2/c1-6-5-10(9(4)17-6)18(15,16)12-8(3)7(2)11(13)14/h5,7-8,12H,1-4H3,(H,13,14). The number of nitrogens with one attached hydrogen (secondary N) is 1. The van der Waals surface area contributed by atoms with Gasteiger partial charge in [0.2, 0.25) is 10.0 Å². The quantitative estimate of drug-likeness (QED) is 0.865. The fourth-order valence-electron chi connectivity index (χ4n) is 1.50. The molecule has 0 bridgehead atoms. The smallest absolute Gasteiger partial charge is 0.307 e. The van der Waals surface area contributed by atoms with E-state index in [-0.39, 0.29) is 4.90 Å². The second-order valence-corrected chi connectivity index (χ2v) is 7.46. The van der Waals surface area contributed by atoms with E-state index in [2.05, 4.69) is 4.72 Å². The minimum atomic E-state index is -3.65. The molecule has 102 valence electrons. The third-order valence-electron chi connectivity index (χ3n) is 2.77. The van der Waals surface area contributed by atoms with Crippen LogP contribution in [0.5, 0.6) is 0 Å². The lowest BCUT2D eigenvalue weighted by Gasteiger charge is -2.17. The second-order valence-electron chi connectivity index (χ2n) is 4.31. The Labute approximate surface area is 111 Å². The van der Waals surface area contributed by atoms with Gasteiger partial charge in [0.15, 0.2) is 0 Å². The molecule has 2 unspecified atom stereocenters. The Kier molecular flexibility index (Phi) is 4.52. The van der Waals surface area contributed by atoms with Crippen LogP contribution in [0.25, 0.3) is 0 Å². The molecule has 2 N–H and O–H groups in total. The zero-order valence-corrected chi connectivity index (χ0v) is 12.4. The van der Waals surface area contributed by atoms with Crippen LogP contribution in [0.4, 0.5) is 0 Å². The first-order valence-corrected chi connectivity index (χ1v) is 7.77. The lowest BCUT2D eigenvalue weighted by Crippen LogP contribution is -2.40. The number of sulfonamides is 1. The van der Waals surface area contributed by atoms with Crippen LogP contribution in [-0.2, 0) is 14.8 Å². The topological polar surface area (TPSA) is 83.5 Å². The molecule has 0 saturated heterocycles. The number of hydrogen-bond donors (Lipinski definition) is 2. The largest absolute Gasteiger partial charge is 0.481 e. The molecule has 0 aliphatic carbocycles. The normalized spacial score (nSPS) is 15.3. The second kappa shape index (κ2) is 5.38. The summed E-state index contributed by atoms with van der Waals surface area (Å²) in [6.07, 6.45) is 0. The van der Waals surface area contributed by atoms with Crippen molar-refractivity contribution in [1.29, 1.82) is 0 Å². The molecular weight excluding hydrogens is 274 g/mol. The van der Waals surface area contributed by atoms with Gasteiger partial charge in [-0.2, -0.15) is 0 Å². The van der Waals surface area contributed by atoms with Crippen LogP contribution in [-0.4, -0.2) is 25.5 Å². The SMILES string of the molecule is Cc1cc(S(=O)(=O)NC(C)C(C)C(=O)O)c(C)s1. The Morgan fingerprint density at radius 3 is 2.33 bits per heavy atom. The molecule has 1 aromatic rings. The van der Waals surface area contributed by atoms with Crippen molar-refractivity contribution in [2.45, 2.75) is 38.6 Å². The lowest BCUT2D eigenvalue weighted by atomic mass is 10.1.